The summed E-state index contributed by atoms with van der Waals surface area (Å²) in [6.07, 6.45) is 0.386. The predicted octanol–water partition coefficient (Wildman–Crippen LogP) is -0.322. The van der Waals surface area contributed by atoms with Gasteiger partial charge in [-0.3, -0.25) is 19.2 Å². The molecule has 1 saturated heterocycles. The van der Waals surface area contributed by atoms with Gasteiger partial charge in [0.15, 0.2) is 0 Å². The molecule has 1 aliphatic rings. The Kier molecular flexibility index (Phi) is 9.39. The van der Waals surface area contributed by atoms with Crippen LogP contribution in [0.3, 0.4) is 0 Å². The molecule has 5 atom stereocenters. The summed E-state index contributed by atoms with van der Waals surface area (Å²) in [5.41, 5.74) is 0.769. The summed E-state index contributed by atoms with van der Waals surface area (Å²) < 4.78 is 5.37. The van der Waals surface area contributed by atoms with E-state index in [9.17, 15) is 29.1 Å². The van der Waals surface area contributed by atoms with Crippen LogP contribution < -0.4 is 21.3 Å². The van der Waals surface area contributed by atoms with Crippen molar-refractivity contribution in [3.05, 3.63) is 59.9 Å². The molecule has 0 spiro atoms. The van der Waals surface area contributed by atoms with Crippen molar-refractivity contribution in [3.63, 3.8) is 0 Å². The lowest BCUT2D eigenvalue weighted by Gasteiger charge is -2.27. The van der Waals surface area contributed by atoms with Crippen molar-refractivity contribution < 1.29 is 33.8 Å². The number of nitrogens with one attached hydrogen (secondary N) is 5. The number of rotatable bonds is 6. The van der Waals surface area contributed by atoms with Gasteiger partial charge in [0.2, 0.25) is 23.6 Å². The number of ether oxygens (including phenoxy) is 1. The second-order valence-corrected chi connectivity index (χ2v) is 8.63. The molecule has 0 bridgehead atoms. The molecule has 37 heavy (non-hydrogen) atoms. The largest absolute Gasteiger partial charge is 0.455 e. The van der Waals surface area contributed by atoms with Crippen LogP contribution in [0.25, 0.3) is 0 Å². The molecule has 0 saturated carbocycles. The molecule has 1 aromatic heterocycles. The third kappa shape index (κ3) is 7.17. The lowest BCUT2D eigenvalue weighted by atomic mass is 10.0. The molecule has 1 fully saturated rings. The SMILES string of the molecule is CC[C@@H]1NC(=O)C[C@H](c2ccccc2)NC(=O)[C@H](CO)NC(=O)[C@H]([C@H](C)OC(=O)c2ccc[nH]2)NC1=O. The molecule has 0 aliphatic carbocycles. The molecule has 198 valence electrons. The fraction of sp³-hybridized carbons (Fsp3) is 0.400. The molecule has 12 nitrogen and oxygen atoms in total. The number of aliphatic hydroxyl groups is 1. The molecule has 4 amide bonds. The van der Waals surface area contributed by atoms with E-state index in [1.165, 1.54) is 19.2 Å². The molecule has 0 unspecified atom stereocenters. The Morgan fingerprint density at radius 1 is 0.946 bits per heavy atom. The molecule has 3 rings (SSSR count). The molecule has 6 N–H and O–H groups in total. The first-order valence-corrected chi connectivity index (χ1v) is 11.9. The van der Waals surface area contributed by atoms with E-state index in [0.717, 1.165) is 0 Å². The zero-order valence-corrected chi connectivity index (χ0v) is 20.5. The number of hydrogen-bond donors (Lipinski definition) is 6. The normalized spacial score (nSPS) is 24.2. The van der Waals surface area contributed by atoms with Crippen LogP contribution in [-0.2, 0) is 23.9 Å². The number of aromatic amines is 1. The monoisotopic (exact) mass is 513 g/mol. The second kappa shape index (κ2) is 12.7. The highest BCUT2D eigenvalue weighted by molar-refractivity contribution is 5.96. The first-order chi connectivity index (χ1) is 17.7. The third-order valence-corrected chi connectivity index (χ3v) is 5.94. The van der Waals surface area contributed by atoms with Crippen LogP contribution in [0.4, 0.5) is 0 Å². The minimum absolute atomic E-state index is 0.140. The fourth-order valence-electron chi connectivity index (χ4n) is 3.86. The van der Waals surface area contributed by atoms with Gasteiger partial charge in [0.1, 0.15) is 29.9 Å². The van der Waals surface area contributed by atoms with Gasteiger partial charge in [-0.05, 0) is 31.0 Å². The van der Waals surface area contributed by atoms with E-state index in [1.807, 2.05) is 0 Å². The predicted molar refractivity (Wildman–Crippen MR) is 131 cm³/mol. The third-order valence-electron chi connectivity index (χ3n) is 5.94. The smallest absolute Gasteiger partial charge is 0.355 e. The van der Waals surface area contributed by atoms with Crippen molar-refractivity contribution in [1.29, 1.82) is 0 Å². The highest BCUT2D eigenvalue weighted by Crippen LogP contribution is 2.17. The Balaban J connectivity index is 1.90. The van der Waals surface area contributed by atoms with Crippen molar-refractivity contribution in [2.75, 3.05) is 6.61 Å². The highest BCUT2D eigenvalue weighted by atomic mass is 16.5. The summed E-state index contributed by atoms with van der Waals surface area (Å²) >= 11 is 0. The molecular weight excluding hydrogens is 482 g/mol. The Morgan fingerprint density at radius 3 is 2.27 bits per heavy atom. The van der Waals surface area contributed by atoms with Gasteiger partial charge in [0.25, 0.3) is 0 Å². The maximum atomic E-state index is 13.2. The first kappa shape index (κ1) is 27.4. The van der Waals surface area contributed by atoms with Crippen LogP contribution in [0.15, 0.2) is 48.7 Å². The zero-order chi connectivity index (χ0) is 26.9. The topological polar surface area (TPSA) is 179 Å². The van der Waals surface area contributed by atoms with Gasteiger partial charge >= 0.3 is 5.97 Å². The first-order valence-electron chi connectivity index (χ1n) is 11.9. The molecular formula is C25H31N5O7. The summed E-state index contributed by atoms with van der Waals surface area (Å²) in [4.78, 5) is 67.2. The van der Waals surface area contributed by atoms with Crippen molar-refractivity contribution >= 4 is 29.6 Å². The summed E-state index contributed by atoms with van der Waals surface area (Å²) in [6, 6.07) is 7.21. The van der Waals surface area contributed by atoms with Crippen LogP contribution in [0, 0.1) is 0 Å². The number of esters is 1. The minimum Gasteiger partial charge on any atom is -0.455 e. The standard InChI is InChI=1S/C25H31N5O7/c1-3-16-22(33)30-21(14(2)37-25(36)17-10-7-11-26-17)24(35)29-19(13-31)23(34)28-18(12-20(32)27-16)15-8-5-4-6-9-15/h4-11,14,16,18-19,21,26,31H,3,12-13H2,1-2H3,(H,27,32)(H,28,34)(H,29,35)(H,30,33)/t14-,16-,18+,19-,21-/m0/s1. The van der Waals surface area contributed by atoms with Crippen LogP contribution in [0.5, 0.6) is 0 Å². The van der Waals surface area contributed by atoms with E-state index in [4.69, 9.17) is 4.74 Å². The summed E-state index contributed by atoms with van der Waals surface area (Å²) in [5, 5.41) is 20.1. The van der Waals surface area contributed by atoms with E-state index in [2.05, 4.69) is 26.3 Å². The Hall–Kier alpha value is -4.19. The quantitative estimate of drug-likeness (QED) is 0.286. The number of aliphatic hydroxyl groups excluding tert-OH is 1. The summed E-state index contributed by atoms with van der Waals surface area (Å²) in [5.74, 6) is -3.52. The Labute approximate surface area is 213 Å². The molecule has 1 aromatic carbocycles. The highest BCUT2D eigenvalue weighted by Gasteiger charge is 2.36. The fourth-order valence-corrected chi connectivity index (χ4v) is 3.86. The Morgan fingerprint density at radius 2 is 1.65 bits per heavy atom. The number of carbonyl (C=O) groups is 5. The van der Waals surface area contributed by atoms with Crippen molar-refractivity contribution in [2.24, 2.45) is 0 Å². The lowest BCUT2D eigenvalue weighted by molar-refractivity contribution is -0.135. The van der Waals surface area contributed by atoms with E-state index in [-0.39, 0.29) is 18.5 Å². The number of carbonyl (C=O) groups excluding carboxylic acids is 5. The molecule has 2 heterocycles. The van der Waals surface area contributed by atoms with E-state index >= 15 is 0 Å². The Bertz CT molecular complexity index is 1110. The van der Waals surface area contributed by atoms with Crippen LogP contribution in [0.2, 0.25) is 0 Å². The lowest BCUT2D eigenvalue weighted by Crippen LogP contribution is -2.60. The maximum absolute atomic E-state index is 13.2. The van der Waals surface area contributed by atoms with Gasteiger partial charge in [0, 0.05) is 6.20 Å². The van der Waals surface area contributed by atoms with Gasteiger partial charge in [-0.1, -0.05) is 37.3 Å². The summed E-state index contributed by atoms with van der Waals surface area (Å²) in [7, 11) is 0. The van der Waals surface area contributed by atoms with E-state index < -0.39 is 66.5 Å². The average molecular weight is 514 g/mol. The number of amides is 4. The number of benzene rings is 1. The average Bonchev–Trinajstić information content (AvgIpc) is 3.43. The molecule has 0 radical (unpaired) electrons. The van der Waals surface area contributed by atoms with Crippen LogP contribution >= 0.6 is 0 Å². The van der Waals surface area contributed by atoms with Gasteiger partial charge in [-0.15, -0.1) is 0 Å². The van der Waals surface area contributed by atoms with E-state index in [1.54, 1.807) is 43.3 Å². The zero-order valence-electron chi connectivity index (χ0n) is 20.5. The van der Waals surface area contributed by atoms with Crippen LogP contribution in [0.1, 0.15) is 48.8 Å². The maximum Gasteiger partial charge on any atom is 0.355 e. The summed E-state index contributed by atoms with van der Waals surface area (Å²) in [6.45, 7) is 2.34. The second-order valence-electron chi connectivity index (χ2n) is 8.63. The molecule has 1 aliphatic heterocycles. The number of aromatic nitrogens is 1. The minimum atomic E-state index is -1.43. The van der Waals surface area contributed by atoms with Gasteiger partial charge < -0.3 is 36.1 Å². The van der Waals surface area contributed by atoms with E-state index in [0.29, 0.717) is 5.56 Å². The van der Waals surface area contributed by atoms with Gasteiger partial charge in [0.05, 0.1) is 19.1 Å². The number of hydrogen-bond acceptors (Lipinski definition) is 7. The van der Waals surface area contributed by atoms with Crippen LogP contribution in [-0.4, -0.2) is 70.5 Å². The van der Waals surface area contributed by atoms with Crippen molar-refractivity contribution in [1.82, 2.24) is 26.3 Å². The van der Waals surface area contributed by atoms with Crippen molar-refractivity contribution in [2.45, 2.75) is 57.0 Å². The molecule has 2 aromatic rings. The van der Waals surface area contributed by atoms with Gasteiger partial charge in [-0.25, -0.2) is 4.79 Å². The van der Waals surface area contributed by atoms with Crippen molar-refractivity contribution in [3.8, 4) is 0 Å². The van der Waals surface area contributed by atoms with Gasteiger partial charge in [-0.2, -0.15) is 0 Å². The molecule has 12 heteroatoms. The number of H-pyrrole nitrogens is 1.